The summed E-state index contributed by atoms with van der Waals surface area (Å²) in [6.07, 6.45) is 0. The highest BCUT2D eigenvalue weighted by Gasteiger charge is 2.35. The lowest BCUT2D eigenvalue weighted by atomic mass is 9.95. The molecule has 0 spiro atoms. The van der Waals surface area contributed by atoms with Crippen LogP contribution in [0.15, 0.2) is 58.6 Å². The van der Waals surface area contributed by atoms with Crippen LogP contribution in [0.5, 0.6) is 0 Å². The van der Waals surface area contributed by atoms with Crippen LogP contribution in [0.4, 0.5) is 4.79 Å². The van der Waals surface area contributed by atoms with Gasteiger partial charge in [0.25, 0.3) is 0 Å². The van der Waals surface area contributed by atoms with Crippen LogP contribution in [0.2, 0.25) is 5.02 Å². The second-order valence-corrected chi connectivity index (χ2v) is 9.63. The predicted octanol–water partition coefficient (Wildman–Crippen LogP) is 3.60. The summed E-state index contributed by atoms with van der Waals surface area (Å²) in [6.45, 7) is 5.45. The van der Waals surface area contributed by atoms with Gasteiger partial charge in [-0.25, -0.2) is 18.0 Å². The van der Waals surface area contributed by atoms with Crippen LogP contribution >= 0.6 is 11.6 Å². The summed E-state index contributed by atoms with van der Waals surface area (Å²) >= 11 is 5.95. The normalized spacial score (nSPS) is 16.5. The Morgan fingerprint density at radius 2 is 1.77 bits per heavy atom. The number of rotatable bonds is 6. The van der Waals surface area contributed by atoms with Crippen molar-refractivity contribution in [1.82, 2.24) is 10.6 Å². The zero-order valence-electron chi connectivity index (χ0n) is 17.4. The first-order valence-corrected chi connectivity index (χ1v) is 11.7. The molecule has 1 aliphatic rings. The van der Waals surface area contributed by atoms with E-state index in [4.69, 9.17) is 16.3 Å². The molecule has 1 atom stereocenters. The van der Waals surface area contributed by atoms with E-state index in [2.05, 4.69) is 10.6 Å². The summed E-state index contributed by atoms with van der Waals surface area (Å²) in [5, 5.41) is 5.65. The number of carbonyl (C=O) groups is 2. The molecule has 2 N–H and O–H groups in total. The van der Waals surface area contributed by atoms with Crippen molar-refractivity contribution in [2.24, 2.45) is 0 Å². The number of sulfone groups is 1. The van der Waals surface area contributed by atoms with Gasteiger partial charge in [0.05, 0.1) is 28.9 Å². The highest BCUT2D eigenvalue weighted by atomic mass is 35.5. The molecule has 0 saturated heterocycles. The van der Waals surface area contributed by atoms with Crippen LogP contribution in [-0.4, -0.2) is 32.8 Å². The fraction of sp³-hybridized carbons (Fsp3) is 0.273. The third kappa shape index (κ3) is 5.08. The third-order valence-corrected chi connectivity index (χ3v) is 6.92. The number of esters is 1. The molecule has 164 valence electrons. The first kappa shape index (κ1) is 22.8. The van der Waals surface area contributed by atoms with Crippen LogP contribution < -0.4 is 10.6 Å². The smallest absolute Gasteiger partial charge is 0.338 e. The van der Waals surface area contributed by atoms with Gasteiger partial charge >= 0.3 is 12.0 Å². The summed E-state index contributed by atoms with van der Waals surface area (Å²) in [6, 6.07) is 9.89. The maximum absolute atomic E-state index is 13.1. The molecule has 1 aliphatic heterocycles. The Morgan fingerprint density at radius 3 is 2.39 bits per heavy atom. The molecule has 2 aromatic rings. The zero-order chi connectivity index (χ0) is 22.8. The predicted molar refractivity (Wildman–Crippen MR) is 117 cm³/mol. The Labute approximate surface area is 186 Å². The molecule has 0 fully saturated rings. The van der Waals surface area contributed by atoms with Gasteiger partial charge in [-0.15, -0.1) is 0 Å². The Kier molecular flexibility index (Phi) is 6.71. The van der Waals surface area contributed by atoms with E-state index in [1.807, 2.05) is 13.8 Å². The number of benzene rings is 2. The van der Waals surface area contributed by atoms with Gasteiger partial charge in [-0.1, -0.05) is 29.8 Å². The van der Waals surface area contributed by atoms with E-state index in [9.17, 15) is 18.0 Å². The van der Waals surface area contributed by atoms with E-state index < -0.39 is 33.6 Å². The van der Waals surface area contributed by atoms with E-state index >= 15 is 0 Å². The van der Waals surface area contributed by atoms with Gasteiger partial charge in [0, 0.05) is 10.7 Å². The van der Waals surface area contributed by atoms with Crippen LogP contribution in [0.3, 0.4) is 0 Å². The maximum Gasteiger partial charge on any atom is 0.338 e. The molecule has 2 aromatic carbocycles. The minimum absolute atomic E-state index is 0.0135. The average molecular weight is 463 g/mol. The van der Waals surface area contributed by atoms with Crippen LogP contribution in [0.25, 0.3) is 0 Å². The number of amides is 2. The Morgan fingerprint density at radius 1 is 1.10 bits per heavy atom. The third-order valence-electron chi connectivity index (χ3n) is 5.02. The molecule has 0 aromatic heterocycles. The van der Waals surface area contributed by atoms with Gasteiger partial charge in [-0.05, 0) is 61.7 Å². The molecule has 0 aliphatic carbocycles. The van der Waals surface area contributed by atoms with Gasteiger partial charge in [0.2, 0.25) is 0 Å². The molecule has 0 bridgehead atoms. The van der Waals surface area contributed by atoms with Gasteiger partial charge < -0.3 is 15.4 Å². The van der Waals surface area contributed by atoms with Crippen LogP contribution in [0, 0.1) is 13.8 Å². The van der Waals surface area contributed by atoms with Crippen molar-refractivity contribution >= 4 is 33.4 Å². The van der Waals surface area contributed by atoms with Gasteiger partial charge in [0.15, 0.2) is 9.84 Å². The fourth-order valence-corrected chi connectivity index (χ4v) is 4.80. The number of hydrogen-bond donors (Lipinski definition) is 2. The topological polar surface area (TPSA) is 102 Å². The quantitative estimate of drug-likeness (QED) is 0.638. The minimum Gasteiger partial charge on any atom is -0.463 e. The summed E-state index contributed by atoms with van der Waals surface area (Å²) in [7, 11) is -3.85. The molecule has 9 heteroatoms. The van der Waals surface area contributed by atoms with Crippen molar-refractivity contribution in [2.75, 3.05) is 12.4 Å². The van der Waals surface area contributed by atoms with E-state index in [1.165, 1.54) is 6.07 Å². The standard InChI is InChI=1S/C22H23ClN2O5S/c1-4-30-21(26)19-18(12-31(28,29)17-10-5-13(2)14(3)11-17)24-22(27)25-20(19)15-6-8-16(23)9-7-15/h5-11,20H,4,12H2,1-3H3,(H2,24,25,27)/t20-/m0/s1. The fourth-order valence-electron chi connectivity index (χ4n) is 3.27. The lowest BCUT2D eigenvalue weighted by Gasteiger charge is -2.29. The van der Waals surface area contributed by atoms with Crippen molar-refractivity contribution in [2.45, 2.75) is 31.7 Å². The zero-order valence-corrected chi connectivity index (χ0v) is 18.9. The van der Waals surface area contributed by atoms with Crippen molar-refractivity contribution < 1.29 is 22.7 Å². The Hall–Kier alpha value is -2.84. The van der Waals surface area contributed by atoms with E-state index in [0.717, 1.165) is 11.1 Å². The van der Waals surface area contributed by atoms with E-state index in [1.54, 1.807) is 43.3 Å². The summed E-state index contributed by atoms with van der Waals surface area (Å²) in [5.74, 6) is -1.26. The highest BCUT2D eigenvalue weighted by Crippen LogP contribution is 2.30. The molecule has 0 saturated carbocycles. The van der Waals surface area contributed by atoms with E-state index in [0.29, 0.717) is 10.6 Å². The molecule has 1 heterocycles. The number of nitrogens with one attached hydrogen (secondary N) is 2. The van der Waals surface area contributed by atoms with Gasteiger partial charge in [0.1, 0.15) is 0 Å². The molecule has 3 rings (SSSR count). The number of aryl methyl sites for hydroxylation is 2. The number of hydrogen-bond acceptors (Lipinski definition) is 5. The lowest BCUT2D eigenvalue weighted by molar-refractivity contribution is -0.139. The van der Waals surface area contributed by atoms with Crippen molar-refractivity contribution in [3.63, 3.8) is 0 Å². The number of urea groups is 1. The molecular weight excluding hydrogens is 440 g/mol. The summed E-state index contributed by atoms with van der Waals surface area (Å²) < 4.78 is 31.4. The molecule has 0 radical (unpaired) electrons. The summed E-state index contributed by atoms with van der Waals surface area (Å²) in [5.41, 5.74) is 2.39. The second kappa shape index (κ2) is 9.11. The Balaban J connectivity index is 2.10. The number of carbonyl (C=O) groups excluding carboxylic acids is 2. The molecule has 7 nitrogen and oxygen atoms in total. The average Bonchev–Trinajstić information content (AvgIpc) is 2.70. The first-order valence-electron chi connectivity index (χ1n) is 9.65. The van der Waals surface area contributed by atoms with Crippen LogP contribution in [0.1, 0.15) is 29.7 Å². The summed E-state index contributed by atoms with van der Waals surface area (Å²) in [4.78, 5) is 25.2. The first-order chi connectivity index (χ1) is 14.6. The second-order valence-electron chi connectivity index (χ2n) is 7.20. The lowest BCUT2D eigenvalue weighted by Crippen LogP contribution is -2.47. The largest absolute Gasteiger partial charge is 0.463 e. The van der Waals surface area contributed by atoms with Gasteiger partial charge in [-0.3, -0.25) is 0 Å². The number of halogens is 1. The molecule has 31 heavy (non-hydrogen) atoms. The molecule has 0 unspecified atom stereocenters. The van der Waals surface area contributed by atoms with E-state index in [-0.39, 0.29) is 22.8 Å². The van der Waals surface area contributed by atoms with Crippen molar-refractivity contribution in [1.29, 1.82) is 0 Å². The van der Waals surface area contributed by atoms with Crippen LogP contribution in [-0.2, 0) is 19.4 Å². The molecule has 2 amide bonds. The Bertz CT molecular complexity index is 1160. The minimum atomic E-state index is -3.85. The SMILES string of the molecule is CCOC(=O)C1=C(CS(=O)(=O)c2ccc(C)c(C)c2)NC(=O)N[C@H]1c1ccc(Cl)cc1. The van der Waals surface area contributed by atoms with Crippen molar-refractivity contribution in [3.8, 4) is 0 Å². The van der Waals surface area contributed by atoms with Gasteiger partial charge in [-0.2, -0.15) is 0 Å². The maximum atomic E-state index is 13.1. The number of ether oxygens (including phenoxy) is 1. The monoisotopic (exact) mass is 462 g/mol. The van der Waals surface area contributed by atoms with Crippen molar-refractivity contribution in [3.05, 3.63) is 75.4 Å². The highest BCUT2D eigenvalue weighted by molar-refractivity contribution is 7.91. The molecular formula is C22H23ClN2O5S.